The summed E-state index contributed by atoms with van der Waals surface area (Å²) in [6.07, 6.45) is 1.33. The zero-order valence-corrected chi connectivity index (χ0v) is 15.4. The Balaban J connectivity index is 1.70. The lowest BCUT2D eigenvalue weighted by atomic mass is 10.1. The highest BCUT2D eigenvalue weighted by Crippen LogP contribution is 2.30. The summed E-state index contributed by atoms with van der Waals surface area (Å²) in [5, 5.41) is 0.659. The third kappa shape index (κ3) is 3.31. The van der Waals surface area contributed by atoms with Crippen LogP contribution in [0.25, 0.3) is 22.3 Å². The summed E-state index contributed by atoms with van der Waals surface area (Å²) in [7, 11) is -4.05. The summed E-state index contributed by atoms with van der Waals surface area (Å²) in [5.74, 6) is -1.34. The van der Waals surface area contributed by atoms with Gasteiger partial charge in [-0.05, 0) is 49.4 Å². The molecule has 28 heavy (non-hydrogen) atoms. The molecule has 2 N–H and O–H groups in total. The minimum absolute atomic E-state index is 0.0149. The molecule has 0 aliphatic rings. The van der Waals surface area contributed by atoms with Gasteiger partial charge in [-0.3, -0.25) is 4.72 Å². The zero-order chi connectivity index (χ0) is 19.9. The molecule has 0 unspecified atom stereocenters. The molecule has 2 aromatic carbocycles. The highest BCUT2D eigenvalue weighted by atomic mass is 32.2. The first-order valence-corrected chi connectivity index (χ1v) is 9.70. The molecule has 142 valence electrons. The molecule has 0 spiro atoms. The van der Waals surface area contributed by atoms with Gasteiger partial charge < -0.3 is 4.98 Å². The number of nitrogens with zero attached hydrogens (tertiary/aromatic N) is 2. The number of aryl methyl sites for hydroxylation is 1. The number of aromatic nitrogens is 3. The highest BCUT2D eigenvalue weighted by Gasteiger charge is 2.17. The molecule has 0 radical (unpaired) electrons. The third-order valence-corrected chi connectivity index (χ3v) is 5.52. The van der Waals surface area contributed by atoms with Gasteiger partial charge in [0, 0.05) is 16.6 Å². The van der Waals surface area contributed by atoms with Crippen LogP contribution in [0.15, 0.2) is 59.8 Å². The average molecular weight is 400 g/mol. The maximum Gasteiger partial charge on any atom is 0.261 e. The van der Waals surface area contributed by atoms with E-state index >= 15 is 0 Å². The number of fused-ring (bicyclic) bond motifs is 1. The number of halogens is 2. The zero-order valence-electron chi connectivity index (χ0n) is 14.6. The second-order valence-electron chi connectivity index (χ2n) is 6.19. The smallest absolute Gasteiger partial charge is 0.261 e. The van der Waals surface area contributed by atoms with E-state index in [2.05, 4.69) is 19.7 Å². The van der Waals surface area contributed by atoms with Crippen molar-refractivity contribution < 1.29 is 17.2 Å². The van der Waals surface area contributed by atoms with E-state index in [9.17, 15) is 17.2 Å². The minimum Gasteiger partial charge on any atom is -0.343 e. The SMILES string of the molecule is Cc1cc2c(-c3ccc(NS(=O)(=O)c4cccc(F)c4)cc3F)ncnc2[nH]1. The second-order valence-corrected chi connectivity index (χ2v) is 7.88. The van der Waals surface area contributed by atoms with Crippen LogP contribution in [0.2, 0.25) is 0 Å². The second kappa shape index (κ2) is 6.68. The summed E-state index contributed by atoms with van der Waals surface area (Å²) in [4.78, 5) is 11.1. The lowest BCUT2D eigenvalue weighted by Gasteiger charge is -2.10. The van der Waals surface area contributed by atoms with Gasteiger partial charge in [0.1, 0.15) is 23.6 Å². The van der Waals surface area contributed by atoms with Gasteiger partial charge in [0.15, 0.2) is 0 Å². The van der Waals surface area contributed by atoms with Crippen LogP contribution in [0, 0.1) is 18.6 Å². The fourth-order valence-electron chi connectivity index (χ4n) is 2.90. The van der Waals surface area contributed by atoms with Crippen molar-refractivity contribution in [2.75, 3.05) is 4.72 Å². The molecule has 0 amide bonds. The minimum atomic E-state index is -4.05. The Hall–Kier alpha value is -3.33. The lowest BCUT2D eigenvalue weighted by Crippen LogP contribution is -2.13. The van der Waals surface area contributed by atoms with E-state index in [1.165, 1.54) is 30.6 Å². The van der Waals surface area contributed by atoms with E-state index in [0.29, 0.717) is 16.7 Å². The Morgan fingerprint density at radius 2 is 1.86 bits per heavy atom. The predicted octanol–water partition coefficient (Wildman–Crippen LogP) is 4.01. The maximum atomic E-state index is 14.7. The molecule has 0 fully saturated rings. The number of benzene rings is 2. The van der Waals surface area contributed by atoms with Gasteiger partial charge in [-0.2, -0.15) is 0 Å². The summed E-state index contributed by atoms with van der Waals surface area (Å²) in [6.45, 7) is 1.85. The summed E-state index contributed by atoms with van der Waals surface area (Å²) >= 11 is 0. The fraction of sp³-hybridized carbons (Fsp3) is 0.0526. The molecule has 0 atom stereocenters. The molecule has 9 heteroatoms. The Morgan fingerprint density at radius 3 is 2.61 bits per heavy atom. The van der Waals surface area contributed by atoms with Crippen molar-refractivity contribution in [1.82, 2.24) is 15.0 Å². The Bertz CT molecular complexity index is 1300. The van der Waals surface area contributed by atoms with E-state index in [0.717, 1.165) is 23.9 Å². The van der Waals surface area contributed by atoms with Crippen LogP contribution in [0.1, 0.15) is 5.69 Å². The van der Waals surface area contributed by atoms with E-state index in [1.807, 2.05) is 13.0 Å². The van der Waals surface area contributed by atoms with Crippen molar-refractivity contribution in [2.24, 2.45) is 0 Å². The maximum absolute atomic E-state index is 14.7. The monoisotopic (exact) mass is 400 g/mol. The standard InChI is InChI=1S/C19H14F2N4O2S/c1-11-7-16-18(22-10-23-19(16)24-11)15-6-5-13(9-17(15)21)25-28(26,27)14-4-2-3-12(20)8-14/h2-10,25H,1H3,(H,22,23,24). The molecular weight excluding hydrogens is 386 g/mol. The van der Waals surface area contributed by atoms with Crippen LogP contribution in [0.3, 0.4) is 0 Å². The van der Waals surface area contributed by atoms with Crippen molar-refractivity contribution in [3.63, 3.8) is 0 Å². The Morgan fingerprint density at radius 1 is 1.04 bits per heavy atom. The molecule has 0 saturated carbocycles. The fourth-order valence-corrected chi connectivity index (χ4v) is 3.99. The summed E-state index contributed by atoms with van der Waals surface area (Å²) in [5.41, 5.74) is 2.06. The summed E-state index contributed by atoms with van der Waals surface area (Å²) in [6, 6.07) is 10.3. The van der Waals surface area contributed by atoms with Gasteiger partial charge in [-0.1, -0.05) is 6.07 Å². The number of hydrogen-bond donors (Lipinski definition) is 2. The predicted molar refractivity (Wildman–Crippen MR) is 101 cm³/mol. The van der Waals surface area contributed by atoms with Gasteiger partial charge in [0.2, 0.25) is 0 Å². The Kier molecular flexibility index (Phi) is 4.31. The van der Waals surface area contributed by atoms with Crippen LogP contribution < -0.4 is 4.72 Å². The first-order valence-electron chi connectivity index (χ1n) is 8.22. The first kappa shape index (κ1) is 18.1. The number of sulfonamides is 1. The van der Waals surface area contributed by atoms with Gasteiger partial charge in [-0.25, -0.2) is 27.2 Å². The van der Waals surface area contributed by atoms with Gasteiger partial charge in [-0.15, -0.1) is 0 Å². The number of anilines is 1. The van der Waals surface area contributed by atoms with Gasteiger partial charge in [0.05, 0.1) is 16.3 Å². The average Bonchev–Trinajstić information content (AvgIpc) is 3.02. The van der Waals surface area contributed by atoms with E-state index in [-0.39, 0.29) is 16.1 Å². The molecule has 0 saturated heterocycles. The number of aromatic amines is 1. The van der Waals surface area contributed by atoms with Crippen LogP contribution in [0.5, 0.6) is 0 Å². The lowest BCUT2D eigenvalue weighted by molar-refractivity contribution is 0.595. The van der Waals surface area contributed by atoms with Crippen molar-refractivity contribution in [2.45, 2.75) is 11.8 Å². The molecule has 2 heterocycles. The largest absolute Gasteiger partial charge is 0.343 e. The molecular formula is C19H14F2N4O2S. The van der Waals surface area contributed by atoms with Crippen LogP contribution in [0.4, 0.5) is 14.5 Å². The van der Waals surface area contributed by atoms with Crippen molar-refractivity contribution >= 4 is 26.7 Å². The molecule has 0 bridgehead atoms. The molecule has 0 aliphatic carbocycles. The van der Waals surface area contributed by atoms with Crippen molar-refractivity contribution in [3.05, 3.63) is 72.2 Å². The quantitative estimate of drug-likeness (QED) is 0.542. The van der Waals surface area contributed by atoms with Crippen LogP contribution in [-0.2, 0) is 10.0 Å². The third-order valence-electron chi connectivity index (χ3n) is 4.14. The topological polar surface area (TPSA) is 87.7 Å². The number of nitrogens with one attached hydrogen (secondary N) is 2. The van der Waals surface area contributed by atoms with Gasteiger partial charge >= 0.3 is 0 Å². The molecule has 4 aromatic rings. The summed E-state index contributed by atoms with van der Waals surface area (Å²) < 4.78 is 55.0. The molecule has 0 aliphatic heterocycles. The number of rotatable bonds is 4. The van der Waals surface area contributed by atoms with Crippen molar-refractivity contribution in [1.29, 1.82) is 0 Å². The molecule has 6 nitrogen and oxygen atoms in total. The van der Waals surface area contributed by atoms with E-state index in [1.54, 1.807) is 0 Å². The first-order chi connectivity index (χ1) is 13.3. The molecule has 2 aromatic heterocycles. The Labute approximate surface area is 159 Å². The van der Waals surface area contributed by atoms with Crippen LogP contribution in [-0.4, -0.2) is 23.4 Å². The van der Waals surface area contributed by atoms with Crippen molar-refractivity contribution in [3.8, 4) is 11.3 Å². The molecule has 4 rings (SSSR count). The number of hydrogen-bond acceptors (Lipinski definition) is 4. The van der Waals surface area contributed by atoms with Crippen LogP contribution >= 0.6 is 0 Å². The van der Waals surface area contributed by atoms with E-state index in [4.69, 9.17) is 0 Å². The normalized spacial score (nSPS) is 11.7. The highest BCUT2D eigenvalue weighted by molar-refractivity contribution is 7.92. The van der Waals surface area contributed by atoms with E-state index < -0.39 is 21.7 Å². The van der Waals surface area contributed by atoms with Gasteiger partial charge in [0.25, 0.3) is 10.0 Å². The number of H-pyrrole nitrogens is 1.